The fourth-order valence-electron chi connectivity index (χ4n) is 1.72. The third-order valence-electron chi connectivity index (χ3n) is 2.79. The van der Waals surface area contributed by atoms with Crippen molar-refractivity contribution in [1.82, 2.24) is 10.9 Å². The Morgan fingerprint density at radius 3 is 2.30 bits per heavy atom. The van der Waals surface area contributed by atoms with Crippen LogP contribution in [0.1, 0.15) is 37.8 Å². The van der Waals surface area contributed by atoms with Crippen LogP contribution in [0.3, 0.4) is 0 Å². The topological polar surface area (TPSA) is 67.4 Å². The van der Waals surface area contributed by atoms with Crippen LogP contribution in [-0.2, 0) is 22.4 Å². The van der Waals surface area contributed by atoms with E-state index in [1.54, 1.807) is 6.92 Å². The number of rotatable bonds is 6. The average Bonchev–Trinajstić information content (AvgIpc) is 2.45. The van der Waals surface area contributed by atoms with Crippen LogP contribution >= 0.6 is 0 Å². The molecule has 2 amide bonds. The lowest BCUT2D eigenvalue weighted by Crippen LogP contribution is -2.42. The molecule has 1 aromatic carbocycles. The third kappa shape index (κ3) is 6.22. The molecule has 0 aliphatic carbocycles. The molecule has 0 saturated carbocycles. The smallest absolute Gasteiger partial charge is 0.426 e. The lowest BCUT2D eigenvalue weighted by atomic mass is 10.0. The fourth-order valence-corrected chi connectivity index (χ4v) is 1.72. The molecule has 110 valence electrons. The van der Waals surface area contributed by atoms with Crippen molar-refractivity contribution >= 4 is 12.0 Å². The molecule has 0 spiro atoms. The molecule has 0 atom stereocenters. The van der Waals surface area contributed by atoms with Crippen molar-refractivity contribution in [2.75, 3.05) is 6.61 Å². The van der Waals surface area contributed by atoms with Gasteiger partial charge in [0.05, 0.1) is 13.0 Å². The quantitative estimate of drug-likeness (QED) is 0.785. The maximum Gasteiger partial charge on any atom is 0.426 e. The Morgan fingerprint density at radius 1 is 1.05 bits per heavy atom. The lowest BCUT2D eigenvalue weighted by molar-refractivity contribution is -0.121. The molecular weight excluding hydrogens is 256 g/mol. The van der Waals surface area contributed by atoms with Gasteiger partial charge in [0.15, 0.2) is 0 Å². The zero-order valence-electron chi connectivity index (χ0n) is 12.1. The number of ether oxygens (including phenoxy) is 1. The fraction of sp³-hybridized carbons (Fsp3) is 0.467. The number of hydrazine groups is 1. The molecule has 20 heavy (non-hydrogen) atoms. The van der Waals surface area contributed by atoms with Gasteiger partial charge in [-0.3, -0.25) is 10.2 Å². The minimum atomic E-state index is -0.657. The number of aryl methyl sites for hydroxylation is 1. The highest BCUT2D eigenvalue weighted by Crippen LogP contribution is 2.08. The van der Waals surface area contributed by atoms with Crippen molar-refractivity contribution in [3.63, 3.8) is 0 Å². The van der Waals surface area contributed by atoms with Gasteiger partial charge in [0.25, 0.3) is 0 Å². The molecule has 0 aliphatic rings. The van der Waals surface area contributed by atoms with Crippen molar-refractivity contribution in [1.29, 1.82) is 0 Å². The number of carbonyl (C=O) groups excluding carboxylic acids is 2. The van der Waals surface area contributed by atoms with Gasteiger partial charge in [0.2, 0.25) is 5.91 Å². The van der Waals surface area contributed by atoms with Gasteiger partial charge < -0.3 is 4.74 Å². The normalized spacial score (nSPS) is 9.90. The third-order valence-corrected chi connectivity index (χ3v) is 2.79. The number of nitrogens with one attached hydrogen (secondary N) is 2. The summed E-state index contributed by atoms with van der Waals surface area (Å²) in [6.07, 6.45) is 2.97. The Bertz CT molecular complexity index is 429. The second-order valence-corrected chi connectivity index (χ2v) is 4.49. The Balaban J connectivity index is 2.36. The van der Waals surface area contributed by atoms with Crippen LogP contribution in [0.2, 0.25) is 0 Å². The summed E-state index contributed by atoms with van der Waals surface area (Å²) < 4.78 is 4.63. The summed E-state index contributed by atoms with van der Waals surface area (Å²) in [7, 11) is 0. The van der Waals surface area contributed by atoms with E-state index in [1.165, 1.54) is 18.4 Å². The molecule has 2 N–H and O–H groups in total. The zero-order chi connectivity index (χ0) is 14.8. The molecule has 0 aromatic heterocycles. The average molecular weight is 278 g/mol. The van der Waals surface area contributed by atoms with Crippen molar-refractivity contribution in [3.8, 4) is 0 Å². The van der Waals surface area contributed by atoms with Gasteiger partial charge in [-0.05, 0) is 30.9 Å². The molecule has 1 aromatic rings. The molecular formula is C15H22N2O3. The Hall–Kier alpha value is -2.04. The van der Waals surface area contributed by atoms with E-state index >= 15 is 0 Å². The van der Waals surface area contributed by atoms with Crippen LogP contribution in [-0.4, -0.2) is 18.6 Å². The molecule has 0 radical (unpaired) electrons. The predicted octanol–water partition coefficient (Wildman–Crippen LogP) is 2.35. The Labute approximate surface area is 119 Å². The Morgan fingerprint density at radius 2 is 1.70 bits per heavy atom. The van der Waals surface area contributed by atoms with Gasteiger partial charge in [-0.2, -0.15) is 0 Å². The first-order valence-corrected chi connectivity index (χ1v) is 6.95. The highest BCUT2D eigenvalue weighted by Gasteiger charge is 2.05. The van der Waals surface area contributed by atoms with Gasteiger partial charge in [0.1, 0.15) is 0 Å². The highest BCUT2D eigenvalue weighted by atomic mass is 16.5. The summed E-state index contributed by atoms with van der Waals surface area (Å²) in [4.78, 5) is 22.6. The van der Waals surface area contributed by atoms with E-state index in [4.69, 9.17) is 0 Å². The first kappa shape index (κ1) is 16.0. The second-order valence-electron chi connectivity index (χ2n) is 4.49. The van der Waals surface area contributed by atoms with Gasteiger partial charge >= 0.3 is 6.09 Å². The van der Waals surface area contributed by atoms with Crippen LogP contribution in [0.25, 0.3) is 0 Å². The predicted molar refractivity (Wildman–Crippen MR) is 77.1 cm³/mol. The SMILES string of the molecule is CCCCc1ccc(CC(=O)NNC(=O)OCC)cc1. The number of hydrogen-bond donors (Lipinski definition) is 2. The summed E-state index contributed by atoms with van der Waals surface area (Å²) in [5.74, 6) is -0.278. The number of hydrogen-bond acceptors (Lipinski definition) is 3. The number of unbranched alkanes of at least 4 members (excludes halogenated alkanes) is 1. The number of benzene rings is 1. The lowest BCUT2D eigenvalue weighted by Gasteiger charge is -2.07. The van der Waals surface area contributed by atoms with Crippen LogP contribution in [0, 0.1) is 0 Å². The maximum atomic E-state index is 11.6. The minimum absolute atomic E-state index is 0.223. The summed E-state index contributed by atoms with van der Waals surface area (Å²) in [6, 6.07) is 7.96. The largest absolute Gasteiger partial charge is 0.449 e. The second kappa shape index (κ2) is 8.96. The van der Waals surface area contributed by atoms with Gasteiger partial charge in [0, 0.05) is 0 Å². The van der Waals surface area contributed by atoms with Crippen molar-refractivity contribution < 1.29 is 14.3 Å². The Kier molecular flexibility index (Phi) is 7.17. The molecule has 0 aliphatic heterocycles. The number of carbonyl (C=O) groups is 2. The van der Waals surface area contributed by atoms with Gasteiger partial charge in [-0.1, -0.05) is 37.6 Å². The molecule has 5 heteroatoms. The van der Waals surface area contributed by atoms with Crippen LogP contribution in [0.15, 0.2) is 24.3 Å². The first-order valence-electron chi connectivity index (χ1n) is 6.95. The molecule has 5 nitrogen and oxygen atoms in total. The van der Waals surface area contributed by atoms with Crippen LogP contribution in [0.4, 0.5) is 4.79 Å². The summed E-state index contributed by atoms with van der Waals surface area (Å²) in [5, 5.41) is 0. The van der Waals surface area contributed by atoms with Crippen molar-refractivity contribution in [3.05, 3.63) is 35.4 Å². The van der Waals surface area contributed by atoms with E-state index in [0.29, 0.717) is 0 Å². The highest BCUT2D eigenvalue weighted by molar-refractivity contribution is 5.80. The maximum absolute atomic E-state index is 11.6. The zero-order valence-corrected chi connectivity index (χ0v) is 12.1. The molecule has 0 fully saturated rings. The minimum Gasteiger partial charge on any atom is -0.449 e. The van der Waals surface area contributed by atoms with E-state index in [9.17, 15) is 9.59 Å². The van der Waals surface area contributed by atoms with Gasteiger partial charge in [-0.15, -0.1) is 0 Å². The summed E-state index contributed by atoms with van der Waals surface area (Å²) in [5.41, 5.74) is 6.67. The van der Waals surface area contributed by atoms with E-state index in [-0.39, 0.29) is 18.9 Å². The van der Waals surface area contributed by atoms with Crippen molar-refractivity contribution in [2.45, 2.75) is 39.5 Å². The van der Waals surface area contributed by atoms with E-state index < -0.39 is 6.09 Å². The summed E-state index contributed by atoms with van der Waals surface area (Å²) in [6.45, 7) is 4.12. The van der Waals surface area contributed by atoms with E-state index in [0.717, 1.165) is 12.0 Å². The molecule has 0 saturated heterocycles. The van der Waals surface area contributed by atoms with E-state index in [2.05, 4.69) is 22.5 Å². The van der Waals surface area contributed by atoms with Gasteiger partial charge in [-0.25, -0.2) is 10.2 Å². The molecule has 0 unspecified atom stereocenters. The van der Waals surface area contributed by atoms with Crippen molar-refractivity contribution in [2.24, 2.45) is 0 Å². The monoisotopic (exact) mass is 278 g/mol. The molecule has 1 rings (SSSR count). The summed E-state index contributed by atoms with van der Waals surface area (Å²) >= 11 is 0. The molecule has 0 bridgehead atoms. The van der Waals surface area contributed by atoms with Crippen LogP contribution in [0.5, 0.6) is 0 Å². The molecule has 0 heterocycles. The number of amides is 2. The standard InChI is InChI=1S/C15H22N2O3/c1-3-5-6-12-7-9-13(10-8-12)11-14(18)16-17-15(19)20-4-2/h7-10H,3-6,11H2,1-2H3,(H,16,18)(H,17,19). The first-order chi connectivity index (χ1) is 9.65. The van der Waals surface area contributed by atoms with Crippen LogP contribution < -0.4 is 10.9 Å². The van der Waals surface area contributed by atoms with E-state index in [1.807, 2.05) is 24.3 Å².